The molecule has 28 heavy (non-hydrogen) atoms. The molecule has 9 nitrogen and oxygen atoms in total. The first-order valence-corrected chi connectivity index (χ1v) is 12.8. The minimum atomic E-state index is -3.79. The van der Waals surface area contributed by atoms with Crippen LogP contribution in [0.15, 0.2) is 23.6 Å². The van der Waals surface area contributed by atoms with Crippen molar-refractivity contribution in [2.45, 2.75) is 27.7 Å². The molecule has 0 bridgehead atoms. The van der Waals surface area contributed by atoms with E-state index in [2.05, 4.69) is 5.10 Å². The monoisotopic (exact) mass is 451 g/mol. The lowest BCUT2D eigenvalue weighted by atomic mass is 10.4. The lowest BCUT2D eigenvalue weighted by molar-refractivity contribution is 0.0950. The molecule has 0 unspecified atom stereocenters. The van der Waals surface area contributed by atoms with Gasteiger partial charge in [0.25, 0.3) is 11.3 Å². The summed E-state index contributed by atoms with van der Waals surface area (Å²) in [4.78, 5) is 24.4. The summed E-state index contributed by atoms with van der Waals surface area (Å²) in [5.41, 5.74) is -0.0989. The van der Waals surface area contributed by atoms with Crippen molar-refractivity contribution in [2.24, 2.45) is 0 Å². The molecule has 0 aliphatic rings. The normalized spacial score (nSPS) is 12.5. The summed E-state index contributed by atoms with van der Waals surface area (Å²) >= 11 is 1.22. The number of hydrogen-bond donors (Lipinski definition) is 1. The van der Waals surface area contributed by atoms with Crippen LogP contribution in [-0.2, 0) is 22.7 Å². The third-order valence-corrected chi connectivity index (χ3v) is 8.33. The number of thiophene rings is 1. The third-order valence-electron chi connectivity index (χ3n) is 3.38. The lowest BCUT2D eigenvalue weighted by Gasteiger charge is -2.15. The van der Waals surface area contributed by atoms with Crippen LogP contribution in [0.1, 0.15) is 37.4 Å². The minimum absolute atomic E-state index is 0.00997. The van der Waals surface area contributed by atoms with Gasteiger partial charge in [-0.05, 0) is 39.1 Å². The summed E-state index contributed by atoms with van der Waals surface area (Å²) in [6.45, 7) is 7.26. The summed E-state index contributed by atoms with van der Waals surface area (Å²) in [7, 11) is -7.44. The minimum Gasteiger partial charge on any atom is -0.304 e. The highest BCUT2D eigenvalue weighted by Crippen LogP contribution is 2.56. The fourth-order valence-corrected chi connectivity index (χ4v) is 6.33. The van der Waals surface area contributed by atoms with E-state index >= 15 is 0 Å². The largest absolute Gasteiger partial charge is 0.466 e. The summed E-state index contributed by atoms with van der Waals surface area (Å²) in [6, 6.07) is 4.65. The maximum atomic E-state index is 13.2. The fraction of sp³-hybridized carbons (Fsp3) is 0.500. The molecule has 0 saturated carbocycles. The lowest BCUT2D eigenvalue weighted by Crippen LogP contribution is -2.30. The van der Waals surface area contributed by atoms with Crippen molar-refractivity contribution in [3.63, 3.8) is 0 Å². The molecule has 0 radical (unpaired) electrons. The molecular formula is C16H25N2O7P2S+. The SMILES string of the molecule is CCOP(=O)(OCC)c1cc([P+](O)(OCC)OCC)n(C(=O)c2cccs2)n1. The van der Waals surface area contributed by atoms with Crippen LogP contribution in [0.4, 0.5) is 0 Å². The van der Waals surface area contributed by atoms with Crippen molar-refractivity contribution in [2.75, 3.05) is 26.4 Å². The summed E-state index contributed by atoms with van der Waals surface area (Å²) in [6.07, 6.45) is 0. The first-order valence-electron chi connectivity index (χ1n) is 8.84. The van der Waals surface area contributed by atoms with E-state index in [-0.39, 0.29) is 37.3 Å². The molecule has 0 aromatic carbocycles. The fourth-order valence-electron chi connectivity index (χ4n) is 2.38. The van der Waals surface area contributed by atoms with Crippen LogP contribution in [-0.4, -0.2) is 47.0 Å². The Kier molecular flexibility index (Phi) is 8.48. The molecule has 2 aromatic rings. The van der Waals surface area contributed by atoms with E-state index in [0.717, 1.165) is 4.68 Å². The molecule has 0 spiro atoms. The Balaban J connectivity index is 2.65. The molecule has 0 fully saturated rings. The van der Waals surface area contributed by atoms with Gasteiger partial charge in [-0.15, -0.1) is 11.3 Å². The van der Waals surface area contributed by atoms with Gasteiger partial charge in [-0.3, -0.25) is 9.36 Å². The van der Waals surface area contributed by atoms with E-state index in [9.17, 15) is 14.3 Å². The van der Waals surface area contributed by atoms with E-state index < -0.39 is 21.4 Å². The Labute approximate surface area is 168 Å². The van der Waals surface area contributed by atoms with Crippen molar-refractivity contribution in [3.8, 4) is 0 Å². The van der Waals surface area contributed by atoms with Crippen molar-refractivity contribution in [3.05, 3.63) is 28.5 Å². The zero-order chi connectivity index (χ0) is 20.8. The molecule has 12 heteroatoms. The van der Waals surface area contributed by atoms with Crippen molar-refractivity contribution >= 4 is 43.7 Å². The molecule has 0 saturated heterocycles. The number of hydrogen-bond acceptors (Lipinski definition) is 9. The zero-order valence-electron chi connectivity index (χ0n) is 16.2. The van der Waals surface area contributed by atoms with Crippen LogP contribution in [0.25, 0.3) is 0 Å². The van der Waals surface area contributed by atoms with Gasteiger partial charge in [0.05, 0.1) is 31.3 Å². The average Bonchev–Trinajstić information content (AvgIpc) is 3.32. The van der Waals surface area contributed by atoms with Crippen LogP contribution in [0.3, 0.4) is 0 Å². The Morgan fingerprint density at radius 1 is 1.18 bits per heavy atom. The molecule has 2 aromatic heterocycles. The van der Waals surface area contributed by atoms with Gasteiger partial charge in [-0.1, -0.05) is 6.07 Å². The van der Waals surface area contributed by atoms with Gasteiger partial charge in [0.1, 0.15) is 0 Å². The van der Waals surface area contributed by atoms with E-state index in [1.54, 1.807) is 45.2 Å². The molecule has 156 valence electrons. The number of nitrogens with zero attached hydrogens (tertiary/aromatic N) is 2. The first kappa shape index (κ1) is 23.3. The Morgan fingerprint density at radius 3 is 2.25 bits per heavy atom. The van der Waals surface area contributed by atoms with Gasteiger partial charge in [0, 0.05) is 6.07 Å². The standard InChI is InChI=1S/C16H25N2O7P2S/c1-5-22-26(20,23-6-2)14-12-15(27(21,24-7-3)25-8-4)18(17-14)16(19)13-10-9-11-28-13/h9-12,21H,5-8H2,1-4H3/q+1. The molecule has 2 heterocycles. The third kappa shape index (κ3) is 4.96. The number of aromatic nitrogens is 2. The van der Waals surface area contributed by atoms with Crippen LogP contribution in [0, 0.1) is 0 Å². The molecule has 1 N–H and O–H groups in total. The van der Waals surface area contributed by atoms with Gasteiger partial charge >= 0.3 is 15.5 Å². The van der Waals surface area contributed by atoms with Crippen LogP contribution in [0.2, 0.25) is 0 Å². The second kappa shape index (κ2) is 10.2. The summed E-state index contributed by atoms with van der Waals surface area (Å²) in [5.74, 6) is -0.506. The first-order chi connectivity index (χ1) is 13.3. The predicted octanol–water partition coefficient (Wildman–Crippen LogP) is 2.98. The van der Waals surface area contributed by atoms with E-state index in [0.29, 0.717) is 4.88 Å². The average molecular weight is 451 g/mol. The van der Waals surface area contributed by atoms with Crippen LogP contribution >= 0.6 is 26.9 Å². The van der Waals surface area contributed by atoms with E-state index in [4.69, 9.17) is 18.1 Å². The van der Waals surface area contributed by atoms with E-state index in [1.165, 1.54) is 17.4 Å². The topological polar surface area (TPSA) is 109 Å². The highest BCUT2D eigenvalue weighted by atomic mass is 32.1. The molecule has 0 amide bonds. The second-order valence-corrected chi connectivity index (χ2v) is 10.2. The molecule has 2 rings (SSSR count). The molecular weight excluding hydrogens is 426 g/mol. The van der Waals surface area contributed by atoms with Crippen LogP contribution < -0.4 is 10.9 Å². The van der Waals surface area contributed by atoms with Gasteiger partial charge in [-0.25, -0.2) is 0 Å². The summed E-state index contributed by atoms with van der Waals surface area (Å²) < 4.78 is 35.7. The Hall–Kier alpha value is -0.960. The van der Waals surface area contributed by atoms with Crippen molar-refractivity contribution in [1.82, 2.24) is 9.78 Å². The number of rotatable bonds is 11. The Bertz CT molecular complexity index is 809. The quantitative estimate of drug-likeness (QED) is 0.520. The van der Waals surface area contributed by atoms with Crippen LogP contribution in [0.5, 0.6) is 0 Å². The zero-order valence-corrected chi connectivity index (χ0v) is 18.8. The van der Waals surface area contributed by atoms with Gasteiger partial charge < -0.3 is 9.05 Å². The maximum Gasteiger partial charge on any atom is 0.466 e. The highest BCUT2D eigenvalue weighted by molar-refractivity contribution is 7.68. The number of carbonyl (C=O) groups excluding carboxylic acids is 1. The van der Waals surface area contributed by atoms with E-state index in [1.807, 2.05) is 0 Å². The van der Waals surface area contributed by atoms with Gasteiger partial charge in [0.2, 0.25) is 0 Å². The summed E-state index contributed by atoms with van der Waals surface area (Å²) in [5, 5.41) is 5.92. The predicted molar refractivity (Wildman–Crippen MR) is 109 cm³/mol. The molecule has 0 aliphatic carbocycles. The second-order valence-electron chi connectivity index (χ2n) is 5.24. The van der Waals surface area contributed by atoms with Crippen molar-refractivity contribution in [1.29, 1.82) is 0 Å². The Morgan fingerprint density at radius 2 is 1.79 bits per heavy atom. The molecule has 0 aliphatic heterocycles. The maximum absolute atomic E-state index is 13.2. The van der Waals surface area contributed by atoms with Crippen molar-refractivity contribution < 1.29 is 32.3 Å². The van der Waals surface area contributed by atoms with Gasteiger partial charge in [-0.2, -0.15) is 23.7 Å². The smallest absolute Gasteiger partial charge is 0.304 e. The number of carbonyl (C=O) groups is 1. The molecule has 0 atom stereocenters. The highest BCUT2D eigenvalue weighted by Gasteiger charge is 2.51. The van der Waals surface area contributed by atoms with Gasteiger partial charge in [0.15, 0.2) is 5.44 Å².